The van der Waals surface area contributed by atoms with Crippen LogP contribution < -0.4 is 10.1 Å². The summed E-state index contributed by atoms with van der Waals surface area (Å²) < 4.78 is 28.5. The fourth-order valence-electron chi connectivity index (χ4n) is 1.93. The zero-order valence-corrected chi connectivity index (χ0v) is 11.8. The summed E-state index contributed by atoms with van der Waals surface area (Å²) in [5.74, 6) is 0.289. The number of ether oxygens (including phenoxy) is 3. The highest BCUT2D eigenvalue weighted by atomic mass is 19.1. The minimum Gasteiger partial charge on any atom is -0.494 e. The lowest BCUT2D eigenvalue weighted by molar-refractivity contribution is -0.141. The molecule has 0 radical (unpaired) electrons. The smallest absolute Gasteiger partial charge is 0.220 e. The van der Waals surface area contributed by atoms with Crippen LogP contribution in [0.25, 0.3) is 0 Å². The van der Waals surface area contributed by atoms with Crippen molar-refractivity contribution in [3.63, 3.8) is 0 Å². The Morgan fingerprint density at radius 2 is 2.19 bits per heavy atom. The molecule has 1 N–H and O–H groups in total. The van der Waals surface area contributed by atoms with E-state index in [0.29, 0.717) is 45.1 Å². The Bertz CT molecular complexity index is 432. The van der Waals surface area contributed by atoms with E-state index >= 15 is 0 Å². The lowest BCUT2D eigenvalue weighted by Crippen LogP contribution is -2.37. The number of benzene rings is 1. The van der Waals surface area contributed by atoms with E-state index in [1.165, 1.54) is 12.1 Å². The Morgan fingerprint density at radius 1 is 1.38 bits per heavy atom. The summed E-state index contributed by atoms with van der Waals surface area (Å²) in [5, 5.41) is 2.83. The van der Waals surface area contributed by atoms with Crippen LogP contribution in [0, 0.1) is 5.82 Å². The van der Waals surface area contributed by atoms with E-state index in [1.54, 1.807) is 12.1 Å². The molecule has 1 unspecified atom stereocenters. The highest BCUT2D eigenvalue weighted by molar-refractivity contribution is 5.75. The van der Waals surface area contributed by atoms with Crippen molar-refractivity contribution in [1.29, 1.82) is 0 Å². The molecule has 21 heavy (non-hydrogen) atoms. The van der Waals surface area contributed by atoms with Crippen molar-refractivity contribution in [2.75, 3.05) is 26.6 Å². The van der Waals surface area contributed by atoms with Gasteiger partial charge >= 0.3 is 0 Å². The first kappa shape index (κ1) is 15.7. The SMILES string of the molecule is O=C(CCCOc1ccc(F)cc1)NCC1CCOCO1. The second-order valence-electron chi connectivity index (χ2n) is 4.81. The highest BCUT2D eigenvalue weighted by Gasteiger charge is 2.14. The van der Waals surface area contributed by atoms with Gasteiger partial charge in [-0.25, -0.2) is 4.39 Å². The Balaban J connectivity index is 1.53. The Kier molecular flexibility index (Phi) is 6.43. The van der Waals surface area contributed by atoms with E-state index in [0.717, 1.165) is 6.42 Å². The van der Waals surface area contributed by atoms with Gasteiger partial charge in [0.15, 0.2) is 0 Å². The maximum Gasteiger partial charge on any atom is 0.220 e. The standard InChI is InChI=1S/C15H20FNO4/c16-12-3-5-13(6-4-12)20-8-1-2-15(18)17-10-14-7-9-19-11-21-14/h3-6,14H,1-2,7-11H2,(H,17,18). The number of amides is 1. The van der Waals surface area contributed by atoms with E-state index in [1.807, 2.05) is 0 Å². The fourth-order valence-corrected chi connectivity index (χ4v) is 1.93. The van der Waals surface area contributed by atoms with E-state index in [4.69, 9.17) is 14.2 Å². The Hall–Kier alpha value is -1.66. The molecule has 1 aliphatic heterocycles. The van der Waals surface area contributed by atoms with Gasteiger partial charge in [0.05, 0.1) is 19.3 Å². The molecule has 6 heteroatoms. The average Bonchev–Trinajstić information content (AvgIpc) is 2.52. The Labute approximate surface area is 123 Å². The van der Waals surface area contributed by atoms with Gasteiger partial charge in [-0.3, -0.25) is 4.79 Å². The van der Waals surface area contributed by atoms with E-state index in [2.05, 4.69) is 5.32 Å². The molecule has 1 saturated heterocycles. The van der Waals surface area contributed by atoms with Crippen LogP contribution in [0.4, 0.5) is 4.39 Å². The van der Waals surface area contributed by atoms with Gasteiger partial charge in [-0.2, -0.15) is 0 Å². The van der Waals surface area contributed by atoms with Crippen molar-refractivity contribution in [2.24, 2.45) is 0 Å². The van der Waals surface area contributed by atoms with E-state index < -0.39 is 0 Å². The number of carbonyl (C=O) groups excluding carboxylic acids is 1. The molecule has 1 aromatic rings. The maximum atomic E-state index is 12.7. The zero-order valence-electron chi connectivity index (χ0n) is 11.8. The Morgan fingerprint density at radius 3 is 2.90 bits per heavy atom. The van der Waals surface area contributed by atoms with Gasteiger partial charge in [0.25, 0.3) is 0 Å². The van der Waals surface area contributed by atoms with Gasteiger partial charge in [0, 0.05) is 13.0 Å². The summed E-state index contributed by atoms with van der Waals surface area (Å²) in [6, 6.07) is 5.82. The van der Waals surface area contributed by atoms with Crippen molar-refractivity contribution >= 4 is 5.91 Å². The highest BCUT2D eigenvalue weighted by Crippen LogP contribution is 2.11. The number of carbonyl (C=O) groups is 1. The molecule has 1 aliphatic rings. The van der Waals surface area contributed by atoms with Crippen molar-refractivity contribution in [2.45, 2.75) is 25.4 Å². The summed E-state index contributed by atoms with van der Waals surface area (Å²) in [6.45, 7) is 1.91. The second kappa shape index (κ2) is 8.59. The lowest BCUT2D eigenvalue weighted by atomic mass is 10.2. The van der Waals surface area contributed by atoms with Gasteiger partial charge in [-0.1, -0.05) is 0 Å². The van der Waals surface area contributed by atoms with Crippen LogP contribution in [0.15, 0.2) is 24.3 Å². The number of halogens is 1. The molecule has 116 valence electrons. The molecule has 1 heterocycles. The maximum absolute atomic E-state index is 12.7. The molecule has 2 rings (SSSR count). The molecule has 0 spiro atoms. The number of hydrogen-bond acceptors (Lipinski definition) is 4. The summed E-state index contributed by atoms with van der Waals surface area (Å²) in [7, 11) is 0. The topological polar surface area (TPSA) is 56.8 Å². The van der Waals surface area contributed by atoms with Gasteiger partial charge < -0.3 is 19.5 Å². The van der Waals surface area contributed by atoms with Crippen LogP contribution in [0.1, 0.15) is 19.3 Å². The molecule has 0 aromatic heterocycles. The molecule has 0 aliphatic carbocycles. The minimum absolute atomic E-state index is 0.0206. The monoisotopic (exact) mass is 297 g/mol. The molecular weight excluding hydrogens is 277 g/mol. The summed E-state index contributed by atoms with van der Waals surface area (Å²) in [6.07, 6.45) is 1.84. The van der Waals surface area contributed by atoms with Crippen molar-refractivity contribution in [1.82, 2.24) is 5.32 Å². The molecular formula is C15H20FNO4. The summed E-state index contributed by atoms with van der Waals surface area (Å²) in [4.78, 5) is 11.6. The van der Waals surface area contributed by atoms with Crippen LogP contribution in [-0.2, 0) is 14.3 Å². The number of rotatable bonds is 7. The van der Waals surface area contributed by atoms with Crippen LogP contribution in [0.2, 0.25) is 0 Å². The first-order valence-corrected chi connectivity index (χ1v) is 7.08. The lowest BCUT2D eigenvalue weighted by Gasteiger charge is -2.22. The third-order valence-electron chi connectivity index (χ3n) is 3.13. The van der Waals surface area contributed by atoms with Crippen molar-refractivity contribution < 1.29 is 23.4 Å². The molecule has 1 amide bonds. The summed E-state index contributed by atoms with van der Waals surface area (Å²) in [5.41, 5.74) is 0. The molecule has 0 bridgehead atoms. The summed E-state index contributed by atoms with van der Waals surface area (Å²) >= 11 is 0. The van der Waals surface area contributed by atoms with Gasteiger partial charge in [0.1, 0.15) is 18.4 Å². The number of nitrogens with one attached hydrogen (secondary N) is 1. The largest absolute Gasteiger partial charge is 0.494 e. The van der Waals surface area contributed by atoms with Crippen LogP contribution in [-0.4, -0.2) is 38.6 Å². The molecule has 1 fully saturated rings. The zero-order chi connectivity index (χ0) is 14.9. The third kappa shape index (κ3) is 6.10. The average molecular weight is 297 g/mol. The van der Waals surface area contributed by atoms with Crippen molar-refractivity contribution in [3.05, 3.63) is 30.1 Å². The third-order valence-corrected chi connectivity index (χ3v) is 3.13. The van der Waals surface area contributed by atoms with Gasteiger partial charge in [0.2, 0.25) is 5.91 Å². The van der Waals surface area contributed by atoms with E-state index in [9.17, 15) is 9.18 Å². The predicted molar refractivity (Wildman–Crippen MR) is 74.4 cm³/mol. The predicted octanol–water partition coefficient (Wildman–Crippen LogP) is 1.86. The molecule has 1 atom stereocenters. The molecule has 5 nitrogen and oxygen atoms in total. The van der Waals surface area contributed by atoms with E-state index in [-0.39, 0.29) is 17.8 Å². The molecule has 0 saturated carbocycles. The fraction of sp³-hybridized carbons (Fsp3) is 0.533. The second-order valence-corrected chi connectivity index (χ2v) is 4.81. The first-order chi connectivity index (χ1) is 10.2. The van der Waals surface area contributed by atoms with Crippen LogP contribution in [0.3, 0.4) is 0 Å². The normalized spacial score (nSPS) is 18.2. The van der Waals surface area contributed by atoms with Crippen LogP contribution in [0.5, 0.6) is 5.75 Å². The molecule has 1 aromatic carbocycles. The van der Waals surface area contributed by atoms with Crippen molar-refractivity contribution in [3.8, 4) is 5.75 Å². The first-order valence-electron chi connectivity index (χ1n) is 7.08. The van der Waals surface area contributed by atoms with Crippen LogP contribution >= 0.6 is 0 Å². The minimum atomic E-state index is -0.294. The quantitative estimate of drug-likeness (QED) is 0.781. The van der Waals surface area contributed by atoms with Gasteiger partial charge in [-0.05, 0) is 37.1 Å². The van der Waals surface area contributed by atoms with Gasteiger partial charge in [-0.15, -0.1) is 0 Å². The number of hydrogen-bond donors (Lipinski definition) is 1.